The number of aliphatic hydroxyl groups is 1. The highest BCUT2D eigenvalue weighted by Gasteiger charge is 2.41. The maximum Gasteiger partial charge on any atom is 0.272 e. The molecule has 0 aliphatic carbocycles. The number of rotatable bonds is 8. The van der Waals surface area contributed by atoms with E-state index in [4.69, 9.17) is 5.21 Å². The zero-order valence-corrected chi connectivity index (χ0v) is 17.5. The number of carbonyl (C=O) groups is 3. The molecule has 0 spiro atoms. The number of unbranched alkanes of at least 4 members (excludes halogenated alkanes) is 1. The molecule has 0 bridgehead atoms. The normalized spacial score (nSPS) is 17.9. The number of aromatic nitrogens is 1. The Hall–Kier alpha value is -3.04. The lowest BCUT2D eigenvalue weighted by molar-refractivity contribution is -0.152. The summed E-state index contributed by atoms with van der Waals surface area (Å²) >= 11 is 0. The molecular formula is C22H28N4O5. The number of hydrogen-bond donors (Lipinski definition) is 4. The molecule has 3 rings (SSSR count). The zero-order chi connectivity index (χ0) is 22.4. The quantitative estimate of drug-likeness (QED) is 0.375. The summed E-state index contributed by atoms with van der Waals surface area (Å²) in [5.41, 5.74) is 2.75. The van der Waals surface area contributed by atoms with Gasteiger partial charge >= 0.3 is 0 Å². The second-order valence-electron chi connectivity index (χ2n) is 7.77. The number of benzene rings is 1. The van der Waals surface area contributed by atoms with Crippen molar-refractivity contribution < 1.29 is 24.7 Å². The third kappa shape index (κ3) is 5.18. The van der Waals surface area contributed by atoms with Crippen LogP contribution in [-0.4, -0.2) is 56.6 Å². The number of nitrogens with zero attached hydrogens (tertiary/aromatic N) is 2. The van der Waals surface area contributed by atoms with Crippen molar-refractivity contribution in [2.75, 3.05) is 11.9 Å². The van der Waals surface area contributed by atoms with E-state index in [0.29, 0.717) is 31.5 Å². The predicted octanol–water partition coefficient (Wildman–Crippen LogP) is 1.84. The van der Waals surface area contributed by atoms with Gasteiger partial charge in [0.15, 0.2) is 0 Å². The number of carbonyl (C=O) groups excluding carboxylic acids is 3. The first kappa shape index (κ1) is 22.6. The van der Waals surface area contributed by atoms with Crippen LogP contribution in [0.2, 0.25) is 0 Å². The van der Waals surface area contributed by atoms with Crippen molar-refractivity contribution in [3.8, 4) is 0 Å². The Labute approximate surface area is 180 Å². The van der Waals surface area contributed by atoms with Gasteiger partial charge < -0.3 is 15.3 Å². The molecule has 2 aromatic rings. The number of pyridine rings is 1. The number of aliphatic hydroxyl groups excluding tert-OH is 1. The molecule has 1 fully saturated rings. The van der Waals surface area contributed by atoms with Crippen LogP contribution < -0.4 is 10.8 Å². The first-order valence-corrected chi connectivity index (χ1v) is 10.5. The molecular weight excluding hydrogens is 400 g/mol. The van der Waals surface area contributed by atoms with Crippen LogP contribution in [0.15, 0.2) is 36.5 Å². The van der Waals surface area contributed by atoms with Crippen molar-refractivity contribution in [3.63, 3.8) is 0 Å². The summed E-state index contributed by atoms with van der Waals surface area (Å²) in [5, 5.41) is 22.8. The Morgan fingerprint density at radius 2 is 2.06 bits per heavy atom. The maximum atomic E-state index is 13.2. The Bertz CT molecular complexity index is 950. The van der Waals surface area contributed by atoms with Crippen LogP contribution >= 0.6 is 0 Å². The molecule has 1 aromatic heterocycles. The largest absolute Gasteiger partial charge is 0.382 e. The van der Waals surface area contributed by atoms with Gasteiger partial charge in [-0.05, 0) is 31.4 Å². The number of hydrogen-bond acceptors (Lipinski definition) is 6. The maximum absolute atomic E-state index is 13.2. The van der Waals surface area contributed by atoms with Crippen molar-refractivity contribution in [3.05, 3.63) is 36.5 Å². The van der Waals surface area contributed by atoms with Crippen LogP contribution in [0.25, 0.3) is 10.9 Å². The Morgan fingerprint density at radius 1 is 1.29 bits per heavy atom. The molecule has 4 N–H and O–H groups in total. The Balaban J connectivity index is 1.74. The van der Waals surface area contributed by atoms with Gasteiger partial charge in [0, 0.05) is 11.9 Å². The van der Waals surface area contributed by atoms with Crippen LogP contribution in [0.1, 0.15) is 39.0 Å². The molecule has 3 atom stereocenters. The fourth-order valence-electron chi connectivity index (χ4n) is 3.97. The van der Waals surface area contributed by atoms with Crippen molar-refractivity contribution in [1.29, 1.82) is 0 Å². The van der Waals surface area contributed by atoms with Crippen molar-refractivity contribution in [1.82, 2.24) is 15.4 Å². The van der Waals surface area contributed by atoms with Gasteiger partial charge in [0.2, 0.25) is 11.8 Å². The van der Waals surface area contributed by atoms with E-state index in [1.807, 2.05) is 37.3 Å². The molecule has 0 saturated carbocycles. The molecule has 166 valence electrons. The lowest BCUT2D eigenvalue weighted by Crippen LogP contribution is -2.50. The summed E-state index contributed by atoms with van der Waals surface area (Å²) in [6, 6.07) is 8.67. The third-order valence-electron chi connectivity index (χ3n) is 5.64. The Kier molecular flexibility index (Phi) is 7.54. The molecule has 1 aliphatic heterocycles. The van der Waals surface area contributed by atoms with Gasteiger partial charge in [-0.15, -0.1) is 0 Å². The van der Waals surface area contributed by atoms with E-state index in [1.165, 1.54) is 10.4 Å². The smallest absolute Gasteiger partial charge is 0.272 e. The van der Waals surface area contributed by atoms with Crippen molar-refractivity contribution >= 4 is 34.3 Å². The fraction of sp³-hybridized carbons (Fsp3) is 0.455. The van der Waals surface area contributed by atoms with Gasteiger partial charge in [-0.2, -0.15) is 0 Å². The number of fused-ring (bicyclic) bond motifs is 1. The second kappa shape index (κ2) is 10.3. The van der Waals surface area contributed by atoms with E-state index in [1.54, 1.807) is 6.20 Å². The molecule has 2 heterocycles. The summed E-state index contributed by atoms with van der Waals surface area (Å²) < 4.78 is 0. The van der Waals surface area contributed by atoms with Crippen LogP contribution in [0, 0.1) is 5.92 Å². The molecule has 0 radical (unpaired) electrons. The first-order valence-electron chi connectivity index (χ1n) is 10.5. The zero-order valence-electron chi connectivity index (χ0n) is 17.5. The molecule has 9 nitrogen and oxygen atoms in total. The summed E-state index contributed by atoms with van der Waals surface area (Å²) in [5.74, 6) is -2.85. The van der Waals surface area contributed by atoms with Gasteiger partial charge in [-0.1, -0.05) is 38.0 Å². The van der Waals surface area contributed by atoms with E-state index in [9.17, 15) is 19.5 Å². The highest BCUT2D eigenvalue weighted by molar-refractivity contribution is 5.99. The summed E-state index contributed by atoms with van der Waals surface area (Å²) in [6.45, 7) is 2.30. The van der Waals surface area contributed by atoms with Gasteiger partial charge in [-0.3, -0.25) is 24.6 Å². The molecule has 1 aromatic carbocycles. The number of amides is 3. The predicted molar refractivity (Wildman–Crippen MR) is 114 cm³/mol. The third-order valence-corrected chi connectivity index (χ3v) is 5.64. The molecule has 3 unspecified atom stereocenters. The van der Waals surface area contributed by atoms with Gasteiger partial charge in [0.05, 0.1) is 23.3 Å². The minimum atomic E-state index is -1.68. The second-order valence-corrected chi connectivity index (χ2v) is 7.77. The van der Waals surface area contributed by atoms with Gasteiger partial charge in [0.1, 0.15) is 12.1 Å². The van der Waals surface area contributed by atoms with E-state index >= 15 is 0 Å². The average molecular weight is 428 g/mol. The summed E-state index contributed by atoms with van der Waals surface area (Å²) in [4.78, 5) is 43.6. The summed E-state index contributed by atoms with van der Waals surface area (Å²) in [7, 11) is 0. The van der Waals surface area contributed by atoms with Crippen molar-refractivity contribution in [2.24, 2.45) is 5.92 Å². The molecule has 9 heteroatoms. The summed E-state index contributed by atoms with van der Waals surface area (Å²) in [6.07, 6.45) is 2.70. The van der Waals surface area contributed by atoms with Crippen molar-refractivity contribution in [2.45, 2.75) is 51.2 Å². The first-order chi connectivity index (χ1) is 15.0. The Morgan fingerprint density at radius 3 is 2.81 bits per heavy atom. The molecule has 3 amide bonds. The van der Waals surface area contributed by atoms with Crippen LogP contribution in [0.5, 0.6) is 0 Å². The molecule has 31 heavy (non-hydrogen) atoms. The molecule has 1 aliphatic rings. The standard InChI is InChI=1S/C22H28N4O5/c1-2-3-8-16(19(27)21(29)25-31)22(30)26-11-6-10-18(26)20(28)24-15-12-14-7-4-5-9-17(14)23-13-15/h4-5,7,9,12-13,16,18-19,27,31H,2-3,6,8,10-11H2,1H3,(H,24,28)(H,25,29). The van der Waals surface area contributed by atoms with Gasteiger partial charge in [-0.25, -0.2) is 5.48 Å². The highest BCUT2D eigenvalue weighted by Crippen LogP contribution is 2.26. The van der Waals surface area contributed by atoms with E-state index in [0.717, 1.165) is 17.3 Å². The highest BCUT2D eigenvalue weighted by atomic mass is 16.5. The number of para-hydroxylation sites is 1. The SMILES string of the molecule is CCCCC(C(=O)N1CCCC1C(=O)Nc1cnc2ccccc2c1)C(O)C(=O)NO. The van der Waals surface area contributed by atoms with E-state index in [2.05, 4.69) is 10.3 Å². The average Bonchev–Trinajstić information content (AvgIpc) is 3.28. The fourth-order valence-corrected chi connectivity index (χ4v) is 3.97. The number of nitrogens with one attached hydrogen (secondary N) is 2. The van der Waals surface area contributed by atoms with Crippen LogP contribution in [0.3, 0.4) is 0 Å². The monoisotopic (exact) mass is 428 g/mol. The minimum absolute atomic E-state index is 0.281. The lowest BCUT2D eigenvalue weighted by Gasteiger charge is -2.30. The van der Waals surface area contributed by atoms with Crippen LogP contribution in [0.4, 0.5) is 5.69 Å². The van der Waals surface area contributed by atoms with Crippen LogP contribution in [-0.2, 0) is 14.4 Å². The topological polar surface area (TPSA) is 132 Å². The minimum Gasteiger partial charge on any atom is -0.382 e. The number of hydroxylamine groups is 1. The van der Waals surface area contributed by atoms with E-state index in [-0.39, 0.29) is 12.3 Å². The lowest BCUT2D eigenvalue weighted by atomic mass is 9.93. The molecule has 1 saturated heterocycles. The number of likely N-dealkylation sites (tertiary alicyclic amines) is 1. The van der Waals surface area contributed by atoms with E-state index < -0.39 is 29.9 Å². The van der Waals surface area contributed by atoms with Gasteiger partial charge in [0.25, 0.3) is 5.91 Å². The number of anilines is 1.